The van der Waals surface area contributed by atoms with E-state index in [0.29, 0.717) is 13.2 Å². The smallest absolute Gasteiger partial charge is 0.0804 e. The normalized spacial score (nSPS) is 12.3. The maximum absolute atomic E-state index is 5.84. The van der Waals surface area contributed by atoms with E-state index in [4.69, 9.17) is 9.47 Å². The quantitative estimate of drug-likeness (QED) is 0.198. The standard InChI is InChI=1S/C31H28O2/c1-3-5-28(32-2)21-33-20-23-10-8-22(9-11-23)12-13-24-14-15-27-17-16-25-6-4-7-26-18-19-29(24)31(27)30(25)26/h4,6-11,14-19,28H,3,5,20-21H2,1-2H3/t28-/m1/s1. The summed E-state index contributed by atoms with van der Waals surface area (Å²) in [6.45, 7) is 3.38. The van der Waals surface area contributed by atoms with E-state index in [1.54, 1.807) is 7.11 Å². The number of ether oxygens (including phenoxy) is 2. The Morgan fingerprint density at radius 1 is 0.758 bits per heavy atom. The van der Waals surface area contributed by atoms with Gasteiger partial charge in [0.1, 0.15) is 0 Å². The second kappa shape index (κ2) is 9.63. The third kappa shape index (κ3) is 4.44. The third-order valence-corrected chi connectivity index (χ3v) is 6.34. The lowest BCUT2D eigenvalue weighted by atomic mass is 9.92. The molecule has 5 rings (SSSR count). The van der Waals surface area contributed by atoms with Crippen molar-refractivity contribution in [1.82, 2.24) is 0 Å². The molecule has 0 unspecified atom stereocenters. The third-order valence-electron chi connectivity index (χ3n) is 6.34. The lowest BCUT2D eigenvalue weighted by Crippen LogP contribution is -2.17. The maximum atomic E-state index is 5.84. The molecule has 0 fully saturated rings. The minimum absolute atomic E-state index is 0.172. The summed E-state index contributed by atoms with van der Waals surface area (Å²) in [6.07, 6.45) is 2.29. The van der Waals surface area contributed by atoms with E-state index in [2.05, 4.69) is 97.6 Å². The average Bonchev–Trinajstić information content (AvgIpc) is 2.86. The highest BCUT2D eigenvalue weighted by Gasteiger charge is 2.10. The lowest BCUT2D eigenvalue weighted by Gasteiger charge is -2.14. The molecule has 0 N–H and O–H groups in total. The zero-order valence-electron chi connectivity index (χ0n) is 19.2. The second-order valence-corrected chi connectivity index (χ2v) is 8.58. The van der Waals surface area contributed by atoms with Crippen molar-refractivity contribution < 1.29 is 9.47 Å². The van der Waals surface area contributed by atoms with Gasteiger partial charge in [0.2, 0.25) is 0 Å². The van der Waals surface area contributed by atoms with Crippen molar-refractivity contribution in [1.29, 1.82) is 0 Å². The van der Waals surface area contributed by atoms with Gasteiger partial charge in [-0.2, -0.15) is 0 Å². The first-order valence-corrected chi connectivity index (χ1v) is 11.6. The van der Waals surface area contributed by atoms with E-state index in [0.717, 1.165) is 29.5 Å². The molecule has 5 aromatic rings. The summed E-state index contributed by atoms with van der Waals surface area (Å²) in [5, 5.41) is 7.67. The Morgan fingerprint density at radius 3 is 2.18 bits per heavy atom. The highest BCUT2D eigenvalue weighted by atomic mass is 16.5. The van der Waals surface area contributed by atoms with Gasteiger partial charge < -0.3 is 9.47 Å². The Kier molecular flexibility index (Phi) is 6.26. The lowest BCUT2D eigenvalue weighted by molar-refractivity contribution is -0.00215. The SMILES string of the molecule is CCC[C@H](COCc1ccc(C#Cc2ccc3ccc4cccc5ccc2c3c45)cc1)OC. The van der Waals surface area contributed by atoms with Crippen molar-refractivity contribution >= 4 is 32.3 Å². The van der Waals surface area contributed by atoms with Gasteiger partial charge in [0.25, 0.3) is 0 Å². The summed E-state index contributed by atoms with van der Waals surface area (Å²) in [4.78, 5) is 0. The van der Waals surface area contributed by atoms with Crippen molar-refractivity contribution in [3.8, 4) is 11.8 Å². The van der Waals surface area contributed by atoms with Crippen LogP contribution in [0.1, 0.15) is 36.5 Å². The van der Waals surface area contributed by atoms with Crippen LogP contribution in [0.3, 0.4) is 0 Å². The van der Waals surface area contributed by atoms with Crippen LogP contribution in [0.4, 0.5) is 0 Å². The average molecular weight is 433 g/mol. The van der Waals surface area contributed by atoms with Crippen LogP contribution in [0, 0.1) is 11.8 Å². The van der Waals surface area contributed by atoms with Gasteiger partial charge in [-0.15, -0.1) is 0 Å². The molecule has 0 aliphatic heterocycles. The molecule has 0 spiro atoms. The molecule has 0 saturated carbocycles. The minimum atomic E-state index is 0.172. The molecule has 2 nitrogen and oxygen atoms in total. The monoisotopic (exact) mass is 432 g/mol. The molecule has 1 atom stereocenters. The van der Waals surface area contributed by atoms with E-state index in [9.17, 15) is 0 Å². The van der Waals surface area contributed by atoms with E-state index < -0.39 is 0 Å². The van der Waals surface area contributed by atoms with Gasteiger partial charge in [-0.1, -0.05) is 85.8 Å². The van der Waals surface area contributed by atoms with Crippen molar-refractivity contribution in [2.45, 2.75) is 32.5 Å². The summed E-state index contributed by atoms with van der Waals surface area (Å²) in [7, 11) is 1.75. The summed E-state index contributed by atoms with van der Waals surface area (Å²) >= 11 is 0. The van der Waals surface area contributed by atoms with Crippen molar-refractivity contribution in [3.05, 3.63) is 95.6 Å². The molecule has 2 heteroatoms. The van der Waals surface area contributed by atoms with Gasteiger partial charge in [-0.05, 0) is 62.5 Å². The fourth-order valence-electron chi connectivity index (χ4n) is 4.57. The van der Waals surface area contributed by atoms with Gasteiger partial charge >= 0.3 is 0 Å². The molecule has 0 saturated heterocycles. The highest BCUT2D eigenvalue weighted by Crippen LogP contribution is 2.35. The van der Waals surface area contributed by atoms with Gasteiger partial charge in [0.15, 0.2) is 0 Å². The summed E-state index contributed by atoms with van der Waals surface area (Å²) in [6, 6.07) is 28.0. The molecule has 0 amide bonds. The van der Waals surface area contributed by atoms with Crippen LogP contribution in [0.5, 0.6) is 0 Å². The first kappa shape index (κ1) is 21.5. The molecule has 0 heterocycles. The minimum Gasteiger partial charge on any atom is -0.379 e. The van der Waals surface area contributed by atoms with Crippen LogP contribution < -0.4 is 0 Å². The fraction of sp³-hybridized carbons (Fsp3) is 0.226. The fourth-order valence-corrected chi connectivity index (χ4v) is 4.57. The number of benzene rings is 5. The van der Waals surface area contributed by atoms with Gasteiger partial charge in [-0.3, -0.25) is 0 Å². The number of hydrogen-bond acceptors (Lipinski definition) is 2. The molecule has 5 aromatic carbocycles. The number of methoxy groups -OCH3 is 1. The predicted octanol–water partition coefficient (Wildman–Crippen LogP) is 7.32. The molecular weight excluding hydrogens is 404 g/mol. The van der Waals surface area contributed by atoms with Crippen LogP contribution >= 0.6 is 0 Å². The second-order valence-electron chi connectivity index (χ2n) is 8.58. The highest BCUT2D eigenvalue weighted by molar-refractivity contribution is 6.23. The largest absolute Gasteiger partial charge is 0.379 e. The topological polar surface area (TPSA) is 18.5 Å². The van der Waals surface area contributed by atoms with Crippen molar-refractivity contribution in [2.75, 3.05) is 13.7 Å². The summed E-state index contributed by atoms with van der Waals surface area (Å²) < 4.78 is 11.3. The number of rotatable bonds is 7. The van der Waals surface area contributed by atoms with E-state index >= 15 is 0 Å². The Balaban J connectivity index is 1.37. The molecule has 164 valence electrons. The van der Waals surface area contributed by atoms with Crippen molar-refractivity contribution in [3.63, 3.8) is 0 Å². The Hall–Kier alpha value is -3.38. The maximum Gasteiger partial charge on any atom is 0.0804 e. The van der Waals surface area contributed by atoms with Gasteiger partial charge in [-0.25, -0.2) is 0 Å². The van der Waals surface area contributed by atoms with Crippen LogP contribution in [0.25, 0.3) is 32.3 Å². The van der Waals surface area contributed by atoms with Crippen LogP contribution in [0.2, 0.25) is 0 Å². The predicted molar refractivity (Wildman–Crippen MR) is 138 cm³/mol. The van der Waals surface area contributed by atoms with E-state index in [1.807, 2.05) is 0 Å². The Morgan fingerprint density at radius 2 is 1.45 bits per heavy atom. The first-order chi connectivity index (χ1) is 16.3. The zero-order chi connectivity index (χ0) is 22.6. The van der Waals surface area contributed by atoms with Crippen LogP contribution in [0.15, 0.2) is 78.9 Å². The first-order valence-electron chi connectivity index (χ1n) is 11.6. The van der Waals surface area contributed by atoms with E-state index in [-0.39, 0.29) is 6.10 Å². The Bertz CT molecular complexity index is 1420. The Labute approximate surface area is 195 Å². The van der Waals surface area contributed by atoms with Gasteiger partial charge in [0.05, 0.1) is 19.3 Å². The van der Waals surface area contributed by atoms with Crippen molar-refractivity contribution in [2.24, 2.45) is 0 Å². The number of hydrogen-bond donors (Lipinski definition) is 0. The zero-order valence-corrected chi connectivity index (χ0v) is 19.2. The van der Waals surface area contributed by atoms with E-state index in [1.165, 1.54) is 32.3 Å². The molecule has 33 heavy (non-hydrogen) atoms. The molecular formula is C31H28O2. The molecule has 0 bridgehead atoms. The van der Waals surface area contributed by atoms with Gasteiger partial charge in [0, 0.05) is 18.2 Å². The summed E-state index contributed by atoms with van der Waals surface area (Å²) in [5.74, 6) is 6.77. The van der Waals surface area contributed by atoms with Crippen LogP contribution in [-0.4, -0.2) is 19.8 Å². The van der Waals surface area contributed by atoms with Crippen LogP contribution in [-0.2, 0) is 16.1 Å². The molecule has 0 aromatic heterocycles. The molecule has 0 aliphatic carbocycles. The summed E-state index contributed by atoms with van der Waals surface area (Å²) in [5.41, 5.74) is 3.22. The molecule has 0 aliphatic rings. The molecule has 0 radical (unpaired) electrons.